The summed E-state index contributed by atoms with van der Waals surface area (Å²) in [6.07, 6.45) is 3.51. The summed E-state index contributed by atoms with van der Waals surface area (Å²) in [5.74, 6) is 0. The van der Waals surface area contributed by atoms with Crippen molar-refractivity contribution < 1.29 is 0 Å². The molecule has 15 heavy (non-hydrogen) atoms. The van der Waals surface area contributed by atoms with Gasteiger partial charge in [0, 0.05) is 33.2 Å². The highest BCUT2D eigenvalue weighted by Gasteiger charge is 2.23. The fourth-order valence-electron chi connectivity index (χ4n) is 1.91. The number of hydrogen-bond donors (Lipinski definition) is 1. The average molecular weight is 205 g/mol. The van der Waals surface area contributed by atoms with Crippen LogP contribution in [0.15, 0.2) is 12.5 Å². The second-order valence-corrected chi connectivity index (χ2v) is 3.75. The Morgan fingerprint density at radius 1 is 1.53 bits per heavy atom. The Balaban J connectivity index is 2.17. The summed E-state index contributed by atoms with van der Waals surface area (Å²) in [7, 11) is 1.93. The lowest BCUT2D eigenvalue weighted by atomic mass is 10.2. The van der Waals surface area contributed by atoms with Gasteiger partial charge in [0.2, 0.25) is 0 Å². The molecule has 1 aliphatic heterocycles. The maximum atomic E-state index is 9.22. The summed E-state index contributed by atoms with van der Waals surface area (Å²) in [6, 6.07) is 2.19. The molecule has 1 unspecified atom stereocenters. The molecule has 2 rings (SSSR count). The van der Waals surface area contributed by atoms with E-state index < -0.39 is 0 Å². The van der Waals surface area contributed by atoms with Crippen LogP contribution in [0.1, 0.15) is 11.7 Å². The zero-order valence-corrected chi connectivity index (χ0v) is 8.85. The van der Waals surface area contributed by atoms with Gasteiger partial charge >= 0.3 is 0 Å². The Labute approximate surface area is 89.3 Å². The summed E-state index contributed by atoms with van der Waals surface area (Å²) >= 11 is 0. The van der Waals surface area contributed by atoms with E-state index in [0.29, 0.717) is 0 Å². The predicted molar refractivity (Wildman–Crippen MR) is 56.0 cm³/mol. The molecule has 1 atom stereocenters. The molecule has 1 N–H and O–H groups in total. The maximum Gasteiger partial charge on any atom is 0.140 e. The number of nitriles is 1. The first-order valence-corrected chi connectivity index (χ1v) is 5.13. The molecule has 1 aromatic heterocycles. The van der Waals surface area contributed by atoms with E-state index >= 15 is 0 Å². The molecule has 0 aliphatic carbocycles. The van der Waals surface area contributed by atoms with Crippen molar-refractivity contribution in [2.75, 3.05) is 26.2 Å². The summed E-state index contributed by atoms with van der Waals surface area (Å²) < 4.78 is 1.91. The van der Waals surface area contributed by atoms with Gasteiger partial charge in [0.15, 0.2) is 0 Å². The van der Waals surface area contributed by atoms with E-state index in [0.717, 1.165) is 31.9 Å². The monoisotopic (exact) mass is 205 g/mol. The molecular weight excluding hydrogens is 190 g/mol. The van der Waals surface area contributed by atoms with Crippen molar-refractivity contribution >= 4 is 0 Å². The first-order chi connectivity index (χ1) is 7.33. The molecule has 80 valence electrons. The van der Waals surface area contributed by atoms with Gasteiger partial charge in [-0.05, 0) is 0 Å². The standard InChI is InChI=1S/C10H15N5/c1-14-8-13-7-10(14)9(6-11)15-4-2-12-3-5-15/h7-9,12H,2-5H2,1H3. The zero-order valence-electron chi connectivity index (χ0n) is 8.85. The molecule has 1 fully saturated rings. The number of nitrogens with one attached hydrogen (secondary N) is 1. The lowest BCUT2D eigenvalue weighted by Gasteiger charge is -2.30. The molecule has 0 radical (unpaired) electrons. The SMILES string of the molecule is Cn1cncc1C(C#N)N1CCNCC1. The molecule has 5 heteroatoms. The third-order valence-electron chi connectivity index (χ3n) is 2.77. The molecule has 1 aromatic rings. The van der Waals surface area contributed by atoms with E-state index in [2.05, 4.69) is 21.3 Å². The molecule has 0 saturated carbocycles. The predicted octanol–water partition coefficient (Wildman–Crippen LogP) is -0.110. The molecule has 1 aliphatic rings. The molecule has 0 aromatic carbocycles. The van der Waals surface area contributed by atoms with Gasteiger partial charge < -0.3 is 9.88 Å². The van der Waals surface area contributed by atoms with Crippen molar-refractivity contribution in [3.8, 4) is 6.07 Å². The van der Waals surface area contributed by atoms with Crippen LogP contribution in [0.4, 0.5) is 0 Å². The van der Waals surface area contributed by atoms with Gasteiger partial charge in [0.25, 0.3) is 0 Å². The first-order valence-electron chi connectivity index (χ1n) is 5.13. The average Bonchev–Trinajstić information content (AvgIpc) is 2.68. The Morgan fingerprint density at radius 3 is 2.80 bits per heavy atom. The second-order valence-electron chi connectivity index (χ2n) is 3.75. The van der Waals surface area contributed by atoms with Gasteiger partial charge in [-0.15, -0.1) is 0 Å². The minimum atomic E-state index is -0.167. The zero-order chi connectivity index (χ0) is 10.7. The highest BCUT2D eigenvalue weighted by atomic mass is 15.2. The van der Waals surface area contributed by atoms with Crippen LogP contribution in [0, 0.1) is 11.3 Å². The van der Waals surface area contributed by atoms with Crippen molar-refractivity contribution in [1.82, 2.24) is 19.8 Å². The molecule has 0 amide bonds. The number of aromatic nitrogens is 2. The third kappa shape index (κ3) is 2.01. The van der Waals surface area contributed by atoms with E-state index in [4.69, 9.17) is 0 Å². The Bertz CT molecular complexity index is 358. The van der Waals surface area contributed by atoms with Gasteiger partial charge in [-0.2, -0.15) is 5.26 Å². The topological polar surface area (TPSA) is 56.9 Å². The molecule has 2 heterocycles. The maximum absolute atomic E-state index is 9.22. The van der Waals surface area contributed by atoms with Crippen molar-refractivity contribution in [2.45, 2.75) is 6.04 Å². The Morgan fingerprint density at radius 2 is 2.27 bits per heavy atom. The summed E-state index contributed by atoms with van der Waals surface area (Å²) in [4.78, 5) is 6.24. The van der Waals surface area contributed by atoms with Crippen LogP contribution in [-0.2, 0) is 7.05 Å². The first kappa shape index (κ1) is 10.1. The number of piperazine rings is 1. The smallest absolute Gasteiger partial charge is 0.140 e. The summed E-state index contributed by atoms with van der Waals surface area (Å²) in [6.45, 7) is 3.75. The minimum absolute atomic E-state index is 0.167. The second kappa shape index (κ2) is 4.43. The van der Waals surface area contributed by atoms with E-state index in [9.17, 15) is 5.26 Å². The van der Waals surface area contributed by atoms with Crippen LogP contribution in [-0.4, -0.2) is 40.6 Å². The highest BCUT2D eigenvalue weighted by molar-refractivity contribution is 5.14. The fraction of sp³-hybridized carbons (Fsp3) is 0.600. The molecule has 0 bridgehead atoms. The van der Waals surface area contributed by atoms with Crippen molar-refractivity contribution in [3.63, 3.8) is 0 Å². The minimum Gasteiger partial charge on any atom is -0.335 e. The Kier molecular flexibility index (Phi) is 2.99. The van der Waals surface area contributed by atoms with Gasteiger partial charge in [0.1, 0.15) is 6.04 Å². The fourth-order valence-corrected chi connectivity index (χ4v) is 1.91. The number of aryl methyl sites for hydroxylation is 1. The van der Waals surface area contributed by atoms with Crippen LogP contribution in [0.3, 0.4) is 0 Å². The normalized spacial score (nSPS) is 19.7. The third-order valence-corrected chi connectivity index (χ3v) is 2.77. The summed E-state index contributed by atoms with van der Waals surface area (Å²) in [5.41, 5.74) is 0.972. The highest BCUT2D eigenvalue weighted by Crippen LogP contribution is 2.18. The lowest BCUT2D eigenvalue weighted by Crippen LogP contribution is -2.45. The number of nitrogens with zero attached hydrogens (tertiary/aromatic N) is 4. The van der Waals surface area contributed by atoms with Gasteiger partial charge in [-0.3, -0.25) is 4.90 Å². The van der Waals surface area contributed by atoms with E-state index in [1.807, 2.05) is 11.6 Å². The van der Waals surface area contributed by atoms with Crippen molar-refractivity contribution in [3.05, 3.63) is 18.2 Å². The quantitative estimate of drug-likeness (QED) is 0.732. The van der Waals surface area contributed by atoms with Crippen molar-refractivity contribution in [1.29, 1.82) is 5.26 Å². The number of imidazole rings is 1. The number of hydrogen-bond acceptors (Lipinski definition) is 4. The van der Waals surface area contributed by atoms with Crippen LogP contribution in [0.25, 0.3) is 0 Å². The van der Waals surface area contributed by atoms with E-state index in [1.54, 1.807) is 12.5 Å². The molecule has 5 nitrogen and oxygen atoms in total. The van der Waals surface area contributed by atoms with Crippen LogP contribution < -0.4 is 5.32 Å². The van der Waals surface area contributed by atoms with Crippen LogP contribution in [0.2, 0.25) is 0 Å². The summed E-state index contributed by atoms with van der Waals surface area (Å²) in [5, 5.41) is 12.5. The largest absolute Gasteiger partial charge is 0.335 e. The molecule has 0 spiro atoms. The van der Waals surface area contributed by atoms with Gasteiger partial charge in [-0.25, -0.2) is 4.98 Å². The lowest BCUT2D eigenvalue weighted by molar-refractivity contribution is 0.202. The van der Waals surface area contributed by atoms with Crippen LogP contribution in [0.5, 0.6) is 0 Å². The van der Waals surface area contributed by atoms with Crippen LogP contribution >= 0.6 is 0 Å². The van der Waals surface area contributed by atoms with Gasteiger partial charge in [0.05, 0.1) is 24.3 Å². The van der Waals surface area contributed by atoms with E-state index in [1.165, 1.54) is 0 Å². The van der Waals surface area contributed by atoms with Crippen molar-refractivity contribution in [2.24, 2.45) is 7.05 Å². The Hall–Kier alpha value is -1.38. The molecular formula is C10H15N5. The number of rotatable bonds is 2. The molecule has 1 saturated heterocycles. The van der Waals surface area contributed by atoms with E-state index in [-0.39, 0.29) is 6.04 Å². The van der Waals surface area contributed by atoms with Gasteiger partial charge in [-0.1, -0.05) is 0 Å².